The first-order valence-corrected chi connectivity index (χ1v) is 7.91. The molecule has 1 aromatic rings. The van der Waals surface area contributed by atoms with Crippen molar-refractivity contribution in [2.24, 2.45) is 0 Å². The average Bonchev–Trinajstić information content (AvgIpc) is 2.38. The summed E-state index contributed by atoms with van der Waals surface area (Å²) in [5.41, 5.74) is 1.85. The standard InChI is InChI=1S/C15H19BrClNO/c1-10-7-8-11(12(16)9-10)15(19)18(2)14-6-4-3-5-13(14)17/h7-9,13-14H,3-6H2,1-2H3. The van der Waals surface area contributed by atoms with Crippen LogP contribution in [0, 0.1) is 6.92 Å². The van der Waals surface area contributed by atoms with Gasteiger partial charge in [-0.2, -0.15) is 0 Å². The fourth-order valence-corrected chi connectivity index (χ4v) is 3.75. The Morgan fingerprint density at radius 2 is 2.05 bits per heavy atom. The van der Waals surface area contributed by atoms with E-state index in [1.165, 1.54) is 6.42 Å². The summed E-state index contributed by atoms with van der Waals surface area (Å²) in [4.78, 5) is 14.4. The van der Waals surface area contributed by atoms with Gasteiger partial charge in [-0.1, -0.05) is 18.9 Å². The number of halogens is 2. The van der Waals surface area contributed by atoms with E-state index in [2.05, 4.69) is 15.9 Å². The smallest absolute Gasteiger partial charge is 0.255 e. The van der Waals surface area contributed by atoms with Gasteiger partial charge in [0.2, 0.25) is 0 Å². The van der Waals surface area contributed by atoms with Crippen LogP contribution in [-0.2, 0) is 0 Å². The fourth-order valence-electron chi connectivity index (χ4n) is 2.64. The highest BCUT2D eigenvalue weighted by atomic mass is 79.9. The number of carbonyl (C=O) groups excluding carboxylic acids is 1. The lowest BCUT2D eigenvalue weighted by Gasteiger charge is -2.35. The second kappa shape index (κ2) is 6.27. The van der Waals surface area contributed by atoms with Crippen LogP contribution in [0.15, 0.2) is 22.7 Å². The van der Waals surface area contributed by atoms with Gasteiger partial charge in [-0.05, 0) is 53.4 Å². The van der Waals surface area contributed by atoms with Crippen LogP contribution in [0.1, 0.15) is 41.6 Å². The molecule has 0 spiro atoms. The van der Waals surface area contributed by atoms with E-state index in [0.29, 0.717) is 5.56 Å². The SMILES string of the molecule is Cc1ccc(C(=O)N(C)C2CCCCC2Cl)c(Br)c1. The Kier molecular flexibility index (Phi) is 4.91. The van der Waals surface area contributed by atoms with Crippen LogP contribution in [0.5, 0.6) is 0 Å². The third-order valence-electron chi connectivity index (χ3n) is 3.82. The van der Waals surface area contributed by atoms with Crippen LogP contribution in [0.4, 0.5) is 0 Å². The lowest BCUT2D eigenvalue weighted by molar-refractivity contribution is 0.0699. The first kappa shape index (κ1) is 14.9. The summed E-state index contributed by atoms with van der Waals surface area (Å²) in [5.74, 6) is 0.0458. The monoisotopic (exact) mass is 343 g/mol. The number of alkyl halides is 1. The molecule has 1 aliphatic rings. The predicted molar refractivity (Wildman–Crippen MR) is 82.9 cm³/mol. The Morgan fingerprint density at radius 3 is 2.68 bits per heavy atom. The number of carbonyl (C=O) groups is 1. The van der Waals surface area contributed by atoms with E-state index in [4.69, 9.17) is 11.6 Å². The summed E-state index contributed by atoms with van der Waals surface area (Å²) in [7, 11) is 1.86. The topological polar surface area (TPSA) is 20.3 Å². The fraction of sp³-hybridized carbons (Fsp3) is 0.533. The Bertz CT molecular complexity index is 477. The second-order valence-corrected chi connectivity index (χ2v) is 6.68. The van der Waals surface area contributed by atoms with Gasteiger partial charge in [0, 0.05) is 17.6 Å². The molecule has 1 fully saturated rings. The molecule has 0 aliphatic heterocycles. The van der Waals surface area contributed by atoms with Crippen molar-refractivity contribution in [3.8, 4) is 0 Å². The lowest BCUT2D eigenvalue weighted by Crippen LogP contribution is -2.44. The maximum atomic E-state index is 12.6. The molecular formula is C15H19BrClNO. The van der Waals surface area contributed by atoms with Gasteiger partial charge in [0.1, 0.15) is 0 Å². The predicted octanol–water partition coefficient (Wildman–Crippen LogP) is 4.38. The summed E-state index contributed by atoms with van der Waals surface area (Å²) in [6.07, 6.45) is 4.32. The summed E-state index contributed by atoms with van der Waals surface area (Å²) in [6.45, 7) is 2.01. The van der Waals surface area contributed by atoms with Crippen molar-refractivity contribution in [3.63, 3.8) is 0 Å². The van der Waals surface area contributed by atoms with Crippen LogP contribution >= 0.6 is 27.5 Å². The van der Waals surface area contributed by atoms with E-state index in [1.54, 1.807) is 0 Å². The molecule has 1 amide bonds. The number of hydrogen-bond donors (Lipinski definition) is 0. The second-order valence-electron chi connectivity index (χ2n) is 5.27. The van der Waals surface area contributed by atoms with Gasteiger partial charge in [0.25, 0.3) is 5.91 Å². The molecule has 2 rings (SSSR count). The number of hydrogen-bond acceptors (Lipinski definition) is 1. The van der Waals surface area contributed by atoms with Gasteiger partial charge in [-0.15, -0.1) is 11.6 Å². The van der Waals surface area contributed by atoms with Gasteiger partial charge < -0.3 is 4.90 Å². The van der Waals surface area contributed by atoms with Crippen LogP contribution < -0.4 is 0 Å². The molecule has 1 saturated carbocycles. The zero-order valence-electron chi connectivity index (χ0n) is 11.3. The molecule has 2 nitrogen and oxygen atoms in total. The van der Waals surface area contributed by atoms with E-state index in [1.807, 2.05) is 37.1 Å². The Balaban J connectivity index is 2.18. The minimum Gasteiger partial charge on any atom is -0.337 e. The van der Waals surface area contributed by atoms with Crippen LogP contribution in [0.2, 0.25) is 0 Å². The Labute approximate surface area is 128 Å². The molecule has 19 heavy (non-hydrogen) atoms. The number of amides is 1. The van der Waals surface area contributed by atoms with Gasteiger partial charge in [-0.3, -0.25) is 4.79 Å². The Morgan fingerprint density at radius 1 is 1.37 bits per heavy atom. The van der Waals surface area contributed by atoms with E-state index < -0.39 is 0 Å². The molecule has 1 aromatic carbocycles. The highest BCUT2D eigenvalue weighted by molar-refractivity contribution is 9.10. The van der Waals surface area contributed by atoms with E-state index in [-0.39, 0.29) is 17.3 Å². The van der Waals surface area contributed by atoms with Crippen molar-refractivity contribution in [2.75, 3.05) is 7.05 Å². The van der Waals surface area contributed by atoms with Gasteiger partial charge >= 0.3 is 0 Å². The van der Waals surface area contributed by atoms with Crippen molar-refractivity contribution in [2.45, 2.75) is 44.0 Å². The molecule has 0 bridgehead atoms. The quantitative estimate of drug-likeness (QED) is 0.729. The van der Waals surface area contributed by atoms with E-state index in [0.717, 1.165) is 29.3 Å². The molecule has 4 heteroatoms. The highest BCUT2D eigenvalue weighted by Gasteiger charge is 2.30. The van der Waals surface area contributed by atoms with Crippen molar-refractivity contribution in [1.29, 1.82) is 0 Å². The van der Waals surface area contributed by atoms with Gasteiger partial charge in [0.05, 0.1) is 10.9 Å². The molecule has 0 N–H and O–H groups in total. The molecule has 0 heterocycles. The summed E-state index contributed by atoms with van der Waals surface area (Å²) in [5, 5.41) is 0.0759. The molecule has 0 radical (unpaired) electrons. The maximum Gasteiger partial charge on any atom is 0.255 e. The van der Waals surface area contributed by atoms with Crippen LogP contribution in [-0.4, -0.2) is 29.3 Å². The van der Waals surface area contributed by atoms with Crippen LogP contribution in [0.3, 0.4) is 0 Å². The molecule has 104 valence electrons. The molecule has 2 unspecified atom stereocenters. The van der Waals surface area contributed by atoms with Crippen molar-refractivity contribution in [1.82, 2.24) is 4.90 Å². The Hall–Kier alpha value is -0.540. The van der Waals surface area contributed by atoms with Gasteiger partial charge in [-0.25, -0.2) is 0 Å². The molecule has 0 aromatic heterocycles. The minimum atomic E-state index is 0.0458. The van der Waals surface area contributed by atoms with Crippen molar-refractivity contribution >= 4 is 33.4 Å². The summed E-state index contributed by atoms with van der Waals surface area (Å²) in [6, 6.07) is 5.96. The van der Waals surface area contributed by atoms with E-state index >= 15 is 0 Å². The zero-order valence-corrected chi connectivity index (χ0v) is 13.7. The molecule has 0 saturated heterocycles. The normalized spacial score (nSPS) is 23.2. The largest absolute Gasteiger partial charge is 0.337 e. The zero-order chi connectivity index (χ0) is 14.0. The average molecular weight is 345 g/mol. The number of nitrogens with zero attached hydrogens (tertiary/aromatic N) is 1. The molecular weight excluding hydrogens is 326 g/mol. The highest BCUT2D eigenvalue weighted by Crippen LogP contribution is 2.28. The van der Waals surface area contributed by atoms with Crippen LogP contribution in [0.25, 0.3) is 0 Å². The maximum absolute atomic E-state index is 12.6. The van der Waals surface area contributed by atoms with Crippen molar-refractivity contribution in [3.05, 3.63) is 33.8 Å². The third kappa shape index (κ3) is 3.32. The summed E-state index contributed by atoms with van der Waals surface area (Å²) >= 11 is 9.84. The number of rotatable bonds is 2. The molecule has 2 atom stereocenters. The van der Waals surface area contributed by atoms with Gasteiger partial charge in [0.15, 0.2) is 0 Å². The van der Waals surface area contributed by atoms with E-state index in [9.17, 15) is 4.79 Å². The van der Waals surface area contributed by atoms with Crippen molar-refractivity contribution < 1.29 is 4.79 Å². The minimum absolute atomic E-state index is 0.0458. The lowest BCUT2D eigenvalue weighted by atomic mass is 9.93. The first-order valence-electron chi connectivity index (χ1n) is 6.68. The number of benzene rings is 1. The summed E-state index contributed by atoms with van der Waals surface area (Å²) < 4.78 is 0.853. The molecule has 1 aliphatic carbocycles. The number of aryl methyl sites for hydroxylation is 1. The third-order valence-corrected chi connectivity index (χ3v) is 4.99. The first-order chi connectivity index (χ1) is 9.00.